The molecule has 9 nitrogen and oxygen atoms in total. The van der Waals surface area contributed by atoms with Crippen LogP contribution in [0.4, 0.5) is 10.2 Å². The van der Waals surface area contributed by atoms with Gasteiger partial charge in [-0.05, 0) is 25.8 Å². The van der Waals surface area contributed by atoms with E-state index in [1.807, 2.05) is 18.9 Å². The number of nitrogens with one attached hydrogen (secondary N) is 2. The van der Waals surface area contributed by atoms with Crippen LogP contribution < -0.4 is 4.90 Å². The number of allylic oxidation sites excluding steroid dienone is 1. The fraction of sp³-hybridized carbons (Fsp3) is 0.0909. The summed E-state index contributed by atoms with van der Waals surface area (Å²) < 4.78 is 15.6. The summed E-state index contributed by atoms with van der Waals surface area (Å²) in [7, 11) is 1.85. The number of nitrogens with zero attached hydrogens (tertiary/aromatic N) is 7. The van der Waals surface area contributed by atoms with Gasteiger partial charge in [-0.25, -0.2) is 19.3 Å². The second-order valence-electron chi connectivity index (χ2n) is 7.18. The highest BCUT2D eigenvalue weighted by Crippen LogP contribution is 2.33. The number of pyridine rings is 3. The minimum Gasteiger partial charge on any atom is -0.336 e. The molecule has 0 bridgehead atoms. The Labute approximate surface area is 181 Å². The van der Waals surface area contributed by atoms with Crippen molar-refractivity contribution in [1.82, 2.24) is 35.1 Å². The standard InChI is InChI=1S/C22H18FN9/c1-12(24-2)11-32(3)22-18-15(6-8-26-22)28-21(29-18)19-16-17(23)14(10-27-20(16)31-30-19)13-5-4-7-25-9-13/h4-11H,2H2,1,3H3,(H,28,29)(H,27,30,31)/b12-11-. The van der Waals surface area contributed by atoms with E-state index in [9.17, 15) is 0 Å². The number of imidazole rings is 1. The first-order valence-electron chi connectivity index (χ1n) is 9.73. The molecule has 32 heavy (non-hydrogen) atoms. The van der Waals surface area contributed by atoms with Gasteiger partial charge in [-0.15, -0.1) is 0 Å². The SMILES string of the molecule is C=N/C(C)=C\N(C)c1nccc2[nH]c(-c3[nH]nc4ncc(-c5cccnc5)c(F)c34)nc12. The van der Waals surface area contributed by atoms with Gasteiger partial charge in [0.2, 0.25) is 0 Å². The van der Waals surface area contributed by atoms with Crippen LogP contribution in [0.5, 0.6) is 0 Å². The van der Waals surface area contributed by atoms with Crippen molar-refractivity contribution in [3.8, 4) is 22.6 Å². The van der Waals surface area contributed by atoms with Gasteiger partial charge in [-0.1, -0.05) is 6.07 Å². The van der Waals surface area contributed by atoms with E-state index in [2.05, 4.69) is 46.8 Å². The number of H-pyrrole nitrogens is 2. The van der Waals surface area contributed by atoms with Crippen molar-refractivity contribution >= 4 is 34.6 Å². The van der Waals surface area contributed by atoms with Crippen LogP contribution in [0.2, 0.25) is 0 Å². The molecule has 5 aromatic rings. The molecule has 158 valence electrons. The van der Waals surface area contributed by atoms with Gasteiger partial charge in [0.25, 0.3) is 0 Å². The zero-order chi connectivity index (χ0) is 22.2. The third-order valence-electron chi connectivity index (χ3n) is 5.07. The van der Waals surface area contributed by atoms with Gasteiger partial charge in [0.1, 0.15) is 17.0 Å². The number of hydrogen-bond acceptors (Lipinski definition) is 7. The van der Waals surface area contributed by atoms with Crippen LogP contribution in [0, 0.1) is 5.82 Å². The number of aromatic amines is 2. The molecule has 0 amide bonds. The van der Waals surface area contributed by atoms with Gasteiger partial charge in [0.15, 0.2) is 17.3 Å². The Morgan fingerprint density at radius 1 is 1.22 bits per heavy atom. The molecule has 0 aliphatic rings. The van der Waals surface area contributed by atoms with Crippen molar-refractivity contribution < 1.29 is 4.39 Å². The molecule has 0 spiro atoms. The maximum absolute atomic E-state index is 15.6. The lowest BCUT2D eigenvalue weighted by atomic mass is 10.1. The van der Waals surface area contributed by atoms with E-state index in [0.29, 0.717) is 34.0 Å². The molecule has 0 unspecified atom stereocenters. The molecule has 10 heteroatoms. The molecule has 5 rings (SSSR count). The highest BCUT2D eigenvalue weighted by Gasteiger charge is 2.21. The fourth-order valence-electron chi connectivity index (χ4n) is 3.53. The summed E-state index contributed by atoms with van der Waals surface area (Å²) >= 11 is 0. The Bertz CT molecular complexity index is 1480. The van der Waals surface area contributed by atoms with Gasteiger partial charge in [0, 0.05) is 49.2 Å². The monoisotopic (exact) mass is 427 g/mol. The number of aliphatic imine (C=N–C) groups is 1. The van der Waals surface area contributed by atoms with E-state index < -0.39 is 5.82 Å². The van der Waals surface area contributed by atoms with Gasteiger partial charge in [-0.3, -0.25) is 15.1 Å². The smallest absolute Gasteiger partial charge is 0.184 e. The summed E-state index contributed by atoms with van der Waals surface area (Å²) in [6, 6.07) is 5.33. The topological polar surface area (TPSA) is 112 Å². The lowest BCUT2D eigenvalue weighted by Crippen LogP contribution is -2.11. The maximum atomic E-state index is 15.6. The third-order valence-corrected chi connectivity index (χ3v) is 5.07. The van der Waals surface area contributed by atoms with Crippen LogP contribution >= 0.6 is 0 Å². The van der Waals surface area contributed by atoms with E-state index in [4.69, 9.17) is 0 Å². The van der Waals surface area contributed by atoms with Crippen LogP contribution in [0.3, 0.4) is 0 Å². The Hall–Kier alpha value is -4.47. The van der Waals surface area contributed by atoms with Crippen LogP contribution in [0.25, 0.3) is 44.7 Å². The largest absolute Gasteiger partial charge is 0.336 e. The fourth-order valence-corrected chi connectivity index (χ4v) is 3.53. The summed E-state index contributed by atoms with van der Waals surface area (Å²) in [5.41, 5.74) is 3.73. The van der Waals surface area contributed by atoms with Crippen molar-refractivity contribution in [1.29, 1.82) is 0 Å². The summed E-state index contributed by atoms with van der Waals surface area (Å²) in [4.78, 5) is 26.4. The molecule has 0 radical (unpaired) electrons. The minimum atomic E-state index is -0.446. The van der Waals surface area contributed by atoms with Crippen LogP contribution in [-0.2, 0) is 0 Å². The highest BCUT2D eigenvalue weighted by atomic mass is 19.1. The van der Waals surface area contributed by atoms with Crippen molar-refractivity contribution in [2.75, 3.05) is 11.9 Å². The summed E-state index contributed by atoms with van der Waals surface area (Å²) in [5, 5.41) is 7.28. The summed E-state index contributed by atoms with van der Waals surface area (Å²) in [6.07, 6.45) is 8.16. The van der Waals surface area contributed by atoms with E-state index in [1.165, 1.54) is 6.20 Å². The number of rotatable bonds is 5. The number of anilines is 1. The lowest BCUT2D eigenvalue weighted by molar-refractivity contribution is 0.642. The van der Waals surface area contributed by atoms with Crippen molar-refractivity contribution in [3.63, 3.8) is 0 Å². The molecule has 0 saturated heterocycles. The van der Waals surface area contributed by atoms with E-state index in [0.717, 1.165) is 11.2 Å². The maximum Gasteiger partial charge on any atom is 0.184 e. The second kappa shape index (κ2) is 7.65. The van der Waals surface area contributed by atoms with Crippen LogP contribution in [0.15, 0.2) is 59.9 Å². The summed E-state index contributed by atoms with van der Waals surface area (Å²) in [6.45, 7) is 5.37. The minimum absolute atomic E-state index is 0.250. The molecule has 5 aromatic heterocycles. The van der Waals surface area contributed by atoms with Crippen LogP contribution in [0.1, 0.15) is 6.92 Å². The first-order valence-corrected chi connectivity index (χ1v) is 9.73. The average Bonchev–Trinajstić information content (AvgIpc) is 3.44. The molecule has 0 saturated carbocycles. The highest BCUT2D eigenvalue weighted by molar-refractivity contribution is 5.95. The van der Waals surface area contributed by atoms with Crippen molar-refractivity contribution in [2.24, 2.45) is 4.99 Å². The van der Waals surface area contributed by atoms with Gasteiger partial charge in [-0.2, -0.15) is 5.10 Å². The van der Waals surface area contributed by atoms with E-state index in [-0.39, 0.29) is 11.0 Å². The van der Waals surface area contributed by atoms with E-state index >= 15 is 4.39 Å². The Morgan fingerprint density at radius 2 is 2.09 bits per heavy atom. The first-order chi connectivity index (χ1) is 15.6. The van der Waals surface area contributed by atoms with Gasteiger partial charge >= 0.3 is 0 Å². The average molecular weight is 427 g/mol. The normalized spacial score (nSPS) is 11.9. The zero-order valence-corrected chi connectivity index (χ0v) is 17.3. The molecule has 5 heterocycles. The predicted octanol–water partition coefficient (Wildman–Crippen LogP) is 4.10. The molecule has 0 atom stereocenters. The molecule has 0 aliphatic heterocycles. The molecule has 2 N–H and O–H groups in total. The van der Waals surface area contributed by atoms with E-state index in [1.54, 1.807) is 43.0 Å². The quantitative estimate of drug-likeness (QED) is 0.409. The van der Waals surface area contributed by atoms with Crippen molar-refractivity contribution in [2.45, 2.75) is 6.92 Å². The van der Waals surface area contributed by atoms with Gasteiger partial charge < -0.3 is 9.88 Å². The summed E-state index contributed by atoms with van der Waals surface area (Å²) in [5.74, 6) is 0.599. The molecular formula is C22H18FN9. The zero-order valence-electron chi connectivity index (χ0n) is 17.3. The number of aromatic nitrogens is 7. The van der Waals surface area contributed by atoms with Crippen LogP contribution in [-0.4, -0.2) is 48.9 Å². The Balaban J connectivity index is 1.67. The second-order valence-corrected chi connectivity index (χ2v) is 7.18. The molecule has 0 fully saturated rings. The van der Waals surface area contributed by atoms with Crippen molar-refractivity contribution in [3.05, 3.63) is 60.7 Å². The van der Waals surface area contributed by atoms with Gasteiger partial charge in [0.05, 0.1) is 16.6 Å². The lowest BCUT2D eigenvalue weighted by Gasteiger charge is -2.13. The first kappa shape index (κ1) is 19.5. The number of hydrogen-bond donors (Lipinski definition) is 2. The molecule has 0 aromatic carbocycles. The Kier molecular flexibility index (Phi) is 4.66. The number of fused-ring (bicyclic) bond motifs is 2. The molecular weight excluding hydrogens is 409 g/mol. The predicted molar refractivity (Wildman–Crippen MR) is 122 cm³/mol. The molecule has 0 aliphatic carbocycles. The Morgan fingerprint density at radius 3 is 2.88 bits per heavy atom. The third kappa shape index (κ3) is 3.18. The number of halogens is 1.